The van der Waals surface area contributed by atoms with Crippen molar-refractivity contribution in [3.05, 3.63) is 29.4 Å². The van der Waals surface area contributed by atoms with Gasteiger partial charge in [0.15, 0.2) is 11.5 Å². The van der Waals surface area contributed by atoms with Gasteiger partial charge >= 0.3 is 5.97 Å². The Morgan fingerprint density at radius 1 is 1.53 bits per heavy atom. The van der Waals surface area contributed by atoms with E-state index in [1.54, 1.807) is 6.92 Å². The van der Waals surface area contributed by atoms with E-state index in [0.717, 1.165) is 6.07 Å². The van der Waals surface area contributed by atoms with Crippen LogP contribution in [0.4, 0.5) is 4.39 Å². The predicted molar refractivity (Wildman–Crippen MR) is 50.0 cm³/mol. The molecule has 2 aromatic rings. The first kappa shape index (κ1) is 9.64. The molecule has 0 bridgehead atoms. The van der Waals surface area contributed by atoms with Crippen LogP contribution in [0.5, 0.6) is 0 Å². The Labute approximate surface area is 84.7 Å². The highest BCUT2D eigenvalue weighted by Gasteiger charge is 2.15. The van der Waals surface area contributed by atoms with E-state index in [4.69, 9.17) is 4.42 Å². The molecule has 0 amide bonds. The molecule has 0 saturated carbocycles. The van der Waals surface area contributed by atoms with Crippen LogP contribution in [0, 0.1) is 12.7 Å². The van der Waals surface area contributed by atoms with E-state index in [2.05, 4.69) is 9.72 Å². The molecule has 2 rings (SSSR count). The average molecular weight is 209 g/mol. The Hall–Kier alpha value is -1.91. The summed E-state index contributed by atoms with van der Waals surface area (Å²) < 4.78 is 23.0. The van der Waals surface area contributed by atoms with Crippen molar-refractivity contribution in [3.63, 3.8) is 0 Å². The summed E-state index contributed by atoms with van der Waals surface area (Å²) in [4.78, 5) is 15.1. The van der Waals surface area contributed by atoms with Crippen molar-refractivity contribution in [1.29, 1.82) is 0 Å². The number of methoxy groups -OCH3 is 1. The summed E-state index contributed by atoms with van der Waals surface area (Å²) in [6, 6.07) is 2.44. The van der Waals surface area contributed by atoms with Crippen molar-refractivity contribution in [2.45, 2.75) is 6.92 Å². The van der Waals surface area contributed by atoms with Crippen molar-refractivity contribution in [2.24, 2.45) is 0 Å². The van der Waals surface area contributed by atoms with Gasteiger partial charge in [-0.2, -0.15) is 0 Å². The van der Waals surface area contributed by atoms with E-state index >= 15 is 0 Å². The van der Waals surface area contributed by atoms with Crippen LogP contribution in [0.15, 0.2) is 16.5 Å². The van der Waals surface area contributed by atoms with Gasteiger partial charge in [0.2, 0.25) is 0 Å². The van der Waals surface area contributed by atoms with E-state index in [1.165, 1.54) is 13.2 Å². The normalized spacial score (nSPS) is 10.6. The molecule has 1 heterocycles. The maximum Gasteiger partial charge on any atom is 0.340 e. The molecule has 78 valence electrons. The topological polar surface area (TPSA) is 52.3 Å². The lowest BCUT2D eigenvalue weighted by atomic mass is 10.2. The number of carbonyl (C=O) groups is 1. The highest BCUT2D eigenvalue weighted by atomic mass is 19.1. The molecule has 0 radical (unpaired) electrons. The highest BCUT2D eigenvalue weighted by Crippen LogP contribution is 2.20. The molecule has 0 spiro atoms. The fourth-order valence-electron chi connectivity index (χ4n) is 1.33. The lowest BCUT2D eigenvalue weighted by molar-refractivity contribution is 0.0595. The van der Waals surface area contributed by atoms with Crippen molar-refractivity contribution in [1.82, 2.24) is 4.98 Å². The van der Waals surface area contributed by atoms with Crippen molar-refractivity contribution in [2.75, 3.05) is 7.11 Å². The third kappa shape index (κ3) is 1.56. The van der Waals surface area contributed by atoms with Gasteiger partial charge in [-0.3, -0.25) is 0 Å². The van der Waals surface area contributed by atoms with Crippen LogP contribution in [0.3, 0.4) is 0 Å². The number of esters is 1. The largest absolute Gasteiger partial charge is 0.465 e. The van der Waals surface area contributed by atoms with Crippen LogP contribution < -0.4 is 0 Å². The molecule has 0 aliphatic heterocycles. The van der Waals surface area contributed by atoms with Crippen LogP contribution in [-0.4, -0.2) is 18.1 Å². The van der Waals surface area contributed by atoms with E-state index in [0.29, 0.717) is 17.0 Å². The van der Waals surface area contributed by atoms with Gasteiger partial charge in [0.05, 0.1) is 12.7 Å². The Kier molecular flexibility index (Phi) is 2.15. The Morgan fingerprint density at radius 3 is 2.93 bits per heavy atom. The lowest BCUT2D eigenvalue weighted by Gasteiger charge is -1.99. The number of carbonyl (C=O) groups excluding carboxylic acids is 1. The Balaban J connectivity index is 2.66. The zero-order valence-corrected chi connectivity index (χ0v) is 8.20. The first-order valence-corrected chi connectivity index (χ1v) is 4.27. The zero-order chi connectivity index (χ0) is 11.0. The number of hydrogen-bond donors (Lipinski definition) is 0. The zero-order valence-electron chi connectivity index (χ0n) is 8.20. The van der Waals surface area contributed by atoms with E-state index < -0.39 is 11.8 Å². The van der Waals surface area contributed by atoms with Crippen LogP contribution >= 0.6 is 0 Å². The van der Waals surface area contributed by atoms with E-state index in [-0.39, 0.29) is 5.56 Å². The minimum absolute atomic E-state index is 0.152. The third-order valence-electron chi connectivity index (χ3n) is 1.99. The van der Waals surface area contributed by atoms with Crippen molar-refractivity contribution < 1.29 is 18.3 Å². The molecule has 0 aliphatic rings. The van der Waals surface area contributed by atoms with Gasteiger partial charge in [-0.15, -0.1) is 0 Å². The molecule has 15 heavy (non-hydrogen) atoms. The van der Waals surface area contributed by atoms with Gasteiger partial charge in [0.25, 0.3) is 0 Å². The fourth-order valence-corrected chi connectivity index (χ4v) is 1.33. The molecule has 0 unspecified atom stereocenters. The minimum atomic E-state index is -0.733. The number of hydrogen-bond acceptors (Lipinski definition) is 4. The third-order valence-corrected chi connectivity index (χ3v) is 1.99. The van der Waals surface area contributed by atoms with Crippen molar-refractivity contribution in [3.8, 4) is 0 Å². The van der Waals surface area contributed by atoms with Crippen LogP contribution in [0.25, 0.3) is 11.1 Å². The molecule has 0 aliphatic carbocycles. The van der Waals surface area contributed by atoms with Gasteiger partial charge in [-0.05, 0) is 0 Å². The first-order valence-electron chi connectivity index (χ1n) is 4.27. The Bertz CT molecular complexity index is 533. The molecule has 0 saturated heterocycles. The second kappa shape index (κ2) is 3.34. The summed E-state index contributed by atoms with van der Waals surface area (Å²) in [6.07, 6.45) is 0. The van der Waals surface area contributed by atoms with Gasteiger partial charge in [0.1, 0.15) is 11.3 Å². The summed E-state index contributed by atoms with van der Waals surface area (Å²) >= 11 is 0. The number of fused-ring (bicyclic) bond motifs is 1. The minimum Gasteiger partial charge on any atom is -0.465 e. The number of nitrogens with zero attached hydrogens (tertiary/aromatic N) is 1. The molecule has 0 fully saturated rings. The van der Waals surface area contributed by atoms with E-state index in [1.807, 2.05) is 0 Å². The van der Waals surface area contributed by atoms with Crippen LogP contribution in [0.1, 0.15) is 16.2 Å². The quantitative estimate of drug-likeness (QED) is 0.674. The number of rotatable bonds is 1. The number of benzene rings is 1. The summed E-state index contributed by atoms with van der Waals surface area (Å²) in [5, 5.41) is 0. The molecule has 0 N–H and O–H groups in total. The summed E-state index contributed by atoms with van der Waals surface area (Å²) in [6.45, 7) is 1.65. The fraction of sp³-hybridized carbons (Fsp3) is 0.200. The maximum atomic E-state index is 13.4. The molecule has 1 aromatic heterocycles. The summed E-state index contributed by atoms with van der Waals surface area (Å²) in [5.74, 6) is -0.975. The summed E-state index contributed by atoms with van der Waals surface area (Å²) in [5.41, 5.74) is 0.605. The first-order chi connectivity index (χ1) is 7.11. The molecule has 4 nitrogen and oxygen atoms in total. The molecular weight excluding hydrogens is 201 g/mol. The van der Waals surface area contributed by atoms with Crippen LogP contribution in [0.2, 0.25) is 0 Å². The number of ether oxygens (including phenoxy) is 1. The predicted octanol–water partition coefficient (Wildman–Crippen LogP) is 2.06. The lowest BCUT2D eigenvalue weighted by Crippen LogP contribution is -2.03. The molecule has 1 aromatic carbocycles. The number of halogens is 1. The molecular formula is C10H8FNO3. The smallest absolute Gasteiger partial charge is 0.340 e. The monoisotopic (exact) mass is 209 g/mol. The van der Waals surface area contributed by atoms with Gasteiger partial charge in [-0.25, -0.2) is 14.2 Å². The number of aryl methyl sites for hydroxylation is 1. The second-order valence-corrected chi connectivity index (χ2v) is 3.02. The Morgan fingerprint density at radius 2 is 2.27 bits per heavy atom. The second-order valence-electron chi connectivity index (χ2n) is 3.02. The highest BCUT2D eigenvalue weighted by molar-refractivity contribution is 5.93. The van der Waals surface area contributed by atoms with Gasteiger partial charge < -0.3 is 9.15 Å². The summed E-state index contributed by atoms with van der Waals surface area (Å²) in [7, 11) is 1.19. The van der Waals surface area contributed by atoms with Crippen molar-refractivity contribution >= 4 is 17.1 Å². The molecule has 5 heteroatoms. The standard InChI is InChI=1S/C10H8FNO3/c1-5-12-8-4-7(11)6(10(13)14-2)3-9(8)15-5/h3-4H,1-2H3. The maximum absolute atomic E-state index is 13.4. The molecule has 0 atom stereocenters. The van der Waals surface area contributed by atoms with Crippen LogP contribution in [-0.2, 0) is 4.74 Å². The number of oxazole rings is 1. The van der Waals surface area contributed by atoms with Gasteiger partial charge in [0, 0.05) is 19.1 Å². The van der Waals surface area contributed by atoms with E-state index in [9.17, 15) is 9.18 Å². The SMILES string of the molecule is COC(=O)c1cc2oc(C)nc2cc1F. The van der Waals surface area contributed by atoms with Gasteiger partial charge in [-0.1, -0.05) is 0 Å². The number of aromatic nitrogens is 1. The average Bonchev–Trinajstić information content (AvgIpc) is 2.55.